The van der Waals surface area contributed by atoms with Crippen LogP contribution in [0.4, 0.5) is 0 Å². The van der Waals surface area contributed by atoms with Gasteiger partial charge in [-0.2, -0.15) is 4.98 Å². The van der Waals surface area contributed by atoms with Crippen LogP contribution in [0.25, 0.3) is 0 Å². The summed E-state index contributed by atoms with van der Waals surface area (Å²) in [6.45, 7) is 6.89. The zero-order valence-electron chi connectivity index (χ0n) is 13.0. The molecule has 2 aromatic rings. The molecule has 3 rings (SSSR count). The average Bonchev–Trinajstić information content (AvgIpc) is 3.15. The topological polar surface area (TPSA) is 60.6 Å². The standard InChI is InChI=1S/C16H21N3O3/c1-3-5-15-17-16(22-18-15)10-19(4-2)9-12-6-7-13-14(8-12)21-11-20-13/h6-8H,3-5,9-11H2,1-2H3. The Morgan fingerprint density at radius 1 is 1.14 bits per heavy atom. The van der Waals surface area contributed by atoms with Gasteiger partial charge in [-0.3, -0.25) is 4.90 Å². The Morgan fingerprint density at radius 3 is 2.82 bits per heavy atom. The molecule has 0 bridgehead atoms. The third-order valence-electron chi connectivity index (χ3n) is 3.63. The maximum atomic E-state index is 5.42. The number of hydrogen-bond acceptors (Lipinski definition) is 6. The molecule has 0 fully saturated rings. The van der Waals surface area contributed by atoms with Crippen LogP contribution in [-0.4, -0.2) is 28.4 Å². The summed E-state index contributed by atoms with van der Waals surface area (Å²) in [5.74, 6) is 3.09. The monoisotopic (exact) mass is 303 g/mol. The van der Waals surface area contributed by atoms with E-state index in [1.807, 2.05) is 12.1 Å². The number of fused-ring (bicyclic) bond motifs is 1. The predicted octanol–water partition coefficient (Wildman–Crippen LogP) is 2.77. The summed E-state index contributed by atoms with van der Waals surface area (Å²) < 4.78 is 16.1. The molecule has 6 heteroatoms. The van der Waals surface area contributed by atoms with Gasteiger partial charge in [0, 0.05) is 13.0 Å². The largest absolute Gasteiger partial charge is 0.454 e. The van der Waals surface area contributed by atoms with E-state index in [0.29, 0.717) is 19.2 Å². The Kier molecular flexibility index (Phi) is 4.58. The highest BCUT2D eigenvalue weighted by Gasteiger charge is 2.15. The molecule has 0 unspecified atom stereocenters. The lowest BCUT2D eigenvalue weighted by Gasteiger charge is -2.18. The van der Waals surface area contributed by atoms with Crippen molar-refractivity contribution in [2.45, 2.75) is 39.8 Å². The molecule has 22 heavy (non-hydrogen) atoms. The first-order chi connectivity index (χ1) is 10.8. The van der Waals surface area contributed by atoms with E-state index < -0.39 is 0 Å². The zero-order chi connectivity index (χ0) is 15.4. The molecule has 1 aliphatic heterocycles. The van der Waals surface area contributed by atoms with Gasteiger partial charge in [-0.25, -0.2) is 0 Å². The van der Waals surface area contributed by atoms with Crippen molar-refractivity contribution in [3.05, 3.63) is 35.5 Å². The number of ether oxygens (including phenoxy) is 2. The number of rotatable bonds is 7. The fraction of sp³-hybridized carbons (Fsp3) is 0.500. The summed E-state index contributed by atoms with van der Waals surface area (Å²) in [5, 5.41) is 4.00. The quantitative estimate of drug-likeness (QED) is 0.784. The van der Waals surface area contributed by atoms with Crippen LogP contribution in [0.15, 0.2) is 22.7 Å². The summed E-state index contributed by atoms with van der Waals surface area (Å²) in [4.78, 5) is 6.67. The molecule has 0 N–H and O–H groups in total. The van der Waals surface area contributed by atoms with E-state index in [0.717, 1.165) is 43.3 Å². The average molecular weight is 303 g/mol. The highest BCUT2D eigenvalue weighted by atomic mass is 16.7. The van der Waals surface area contributed by atoms with Crippen LogP contribution in [0.3, 0.4) is 0 Å². The lowest BCUT2D eigenvalue weighted by atomic mass is 10.2. The van der Waals surface area contributed by atoms with E-state index >= 15 is 0 Å². The summed E-state index contributed by atoms with van der Waals surface area (Å²) in [6.07, 6.45) is 1.88. The van der Waals surface area contributed by atoms with Gasteiger partial charge in [0.05, 0.1) is 6.54 Å². The summed E-state index contributed by atoms with van der Waals surface area (Å²) in [7, 11) is 0. The molecule has 0 saturated heterocycles. The normalized spacial score (nSPS) is 13.0. The number of aryl methyl sites for hydroxylation is 1. The van der Waals surface area contributed by atoms with Crippen LogP contribution in [0.2, 0.25) is 0 Å². The molecule has 0 amide bonds. The van der Waals surface area contributed by atoms with Gasteiger partial charge >= 0.3 is 0 Å². The van der Waals surface area contributed by atoms with Crippen molar-refractivity contribution in [1.29, 1.82) is 0 Å². The maximum Gasteiger partial charge on any atom is 0.240 e. The Balaban J connectivity index is 1.63. The minimum absolute atomic E-state index is 0.304. The van der Waals surface area contributed by atoms with Crippen LogP contribution in [-0.2, 0) is 19.5 Å². The molecule has 118 valence electrons. The van der Waals surface area contributed by atoms with Gasteiger partial charge < -0.3 is 14.0 Å². The zero-order valence-corrected chi connectivity index (χ0v) is 13.0. The third kappa shape index (κ3) is 3.39. The van der Waals surface area contributed by atoms with E-state index in [2.05, 4.69) is 35.0 Å². The van der Waals surface area contributed by atoms with Crippen LogP contribution >= 0.6 is 0 Å². The molecule has 0 saturated carbocycles. The summed E-state index contributed by atoms with van der Waals surface area (Å²) in [5.41, 5.74) is 1.18. The summed E-state index contributed by atoms with van der Waals surface area (Å²) in [6, 6.07) is 6.05. The van der Waals surface area contributed by atoms with Crippen molar-refractivity contribution < 1.29 is 14.0 Å². The first-order valence-corrected chi connectivity index (χ1v) is 7.70. The van der Waals surface area contributed by atoms with E-state index in [-0.39, 0.29) is 0 Å². The Morgan fingerprint density at radius 2 is 2.00 bits per heavy atom. The van der Waals surface area contributed by atoms with E-state index in [4.69, 9.17) is 14.0 Å². The molecule has 2 heterocycles. The van der Waals surface area contributed by atoms with Gasteiger partial charge in [0.15, 0.2) is 17.3 Å². The molecule has 1 aromatic carbocycles. The van der Waals surface area contributed by atoms with Crippen molar-refractivity contribution in [1.82, 2.24) is 15.0 Å². The van der Waals surface area contributed by atoms with Crippen molar-refractivity contribution in [3.8, 4) is 11.5 Å². The van der Waals surface area contributed by atoms with Crippen LogP contribution in [0.1, 0.15) is 37.5 Å². The first kappa shape index (κ1) is 14.8. The Hall–Kier alpha value is -2.08. The van der Waals surface area contributed by atoms with Gasteiger partial charge in [0.25, 0.3) is 0 Å². The number of aromatic nitrogens is 2. The van der Waals surface area contributed by atoms with Gasteiger partial charge in [-0.1, -0.05) is 25.1 Å². The molecule has 1 aliphatic rings. The maximum absolute atomic E-state index is 5.42. The summed E-state index contributed by atoms with van der Waals surface area (Å²) >= 11 is 0. The van der Waals surface area contributed by atoms with Crippen molar-refractivity contribution in [2.75, 3.05) is 13.3 Å². The fourth-order valence-corrected chi connectivity index (χ4v) is 2.45. The molecule has 1 aromatic heterocycles. The second-order valence-electron chi connectivity index (χ2n) is 5.35. The van der Waals surface area contributed by atoms with Crippen LogP contribution < -0.4 is 9.47 Å². The molecule has 0 radical (unpaired) electrons. The Bertz CT molecular complexity index is 627. The van der Waals surface area contributed by atoms with E-state index in [1.165, 1.54) is 5.56 Å². The molecule has 0 atom stereocenters. The van der Waals surface area contributed by atoms with Crippen molar-refractivity contribution >= 4 is 0 Å². The fourth-order valence-electron chi connectivity index (χ4n) is 2.45. The smallest absolute Gasteiger partial charge is 0.240 e. The number of benzene rings is 1. The minimum Gasteiger partial charge on any atom is -0.454 e. The van der Waals surface area contributed by atoms with Gasteiger partial charge in [-0.05, 0) is 30.7 Å². The van der Waals surface area contributed by atoms with Gasteiger partial charge in [-0.15, -0.1) is 0 Å². The number of nitrogens with zero attached hydrogens (tertiary/aromatic N) is 3. The molecule has 0 aliphatic carbocycles. The van der Waals surface area contributed by atoms with Gasteiger partial charge in [0.2, 0.25) is 12.7 Å². The minimum atomic E-state index is 0.304. The molecular weight excluding hydrogens is 282 g/mol. The first-order valence-electron chi connectivity index (χ1n) is 7.70. The highest BCUT2D eigenvalue weighted by molar-refractivity contribution is 5.44. The van der Waals surface area contributed by atoms with Crippen LogP contribution in [0.5, 0.6) is 11.5 Å². The van der Waals surface area contributed by atoms with E-state index in [9.17, 15) is 0 Å². The third-order valence-corrected chi connectivity index (χ3v) is 3.63. The van der Waals surface area contributed by atoms with Gasteiger partial charge in [0.1, 0.15) is 0 Å². The second-order valence-corrected chi connectivity index (χ2v) is 5.35. The Labute approximate surface area is 130 Å². The SMILES string of the molecule is CCCc1noc(CN(CC)Cc2ccc3c(c2)OCO3)n1. The number of hydrogen-bond donors (Lipinski definition) is 0. The molecule has 6 nitrogen and oxygen atoms in total. The second kappa shape index (κ2) is 6.79. The van der Waals surface area contributed by atoms with E-state index in [1.54, 1.807) is 0 Å². The highest BCUT2D eigenvalue weighted by Crippen LogP contribution is 2.32. The lowest BCUT2D eigenvalue weighted by molar-refractivity contribution is 0.174. The molecule has 0 spiro atoms. The van der Waals surface area contributed by atoms with Crippen molar-refractivity contribution in [3.63, 3.8) is 0 Å². The molecular formula is C16H21N3O3. The van der Waals surface area contributed by atoms with Crippen molar-refractivity contribution in [2.24, 2.45) is 0 Å². The lowest BCUT2D eigenvalue weighted by Crippen LogP contribution is -2.22. The van der Waals surface area contributed by atoms with Crippen LogP contribution in [0, 0.1) is 0 Å². The predicted molar refractivity (Wildman–Crippen MR) is 80.6 cm³/mol.